The van der Waals surface area contributed by atoms with Crippen molar-refractivity contribution in [1.29, 1.82) is 0 Å². The van der Waals surface area contributed by atoms with Crippen LogP contribution in [0.4, 0.5) is 0 Å². The lowest BCUT2D eigenvalue weighted by Crippen LogP contribution is -2.21. The molecule has 2 unspecified atom stereocenters. The molecule has 2 aliphatic carbocycles. The Hall–Kier alpha value is -7.24. The molecule has 9 aromatic rings. The molecule has 0 amide bonds. The van der Waals surface area contributed by atoms with Gasteiger partial charge in [0.05, 0.1) is 6.20 Å². The van der Waals surface area contributed by atoms with Crippen molar-refractivity contribution in [2.24, 2.45) is 11.8 Å². The molecule has 0 spiro atoms. The fourth-order valence-corrected chi connectivity index (χ4v) is 8.47. The highest BCUT2D eigenvalue weighted by Gasteiger charge is 2.32. The van der Waals surface area contributed by atoms with E-state index in [9.17, 15) is 0 Å². The molecule has 6 aromatic carbocycles. The summed E-state index contributed by atoms with van der Waals surface area (Å²) >= 11 is 0. The van der Waals surface area contributed by atoms with E-state index in [-0.39, 0.29) is 11.8 Å². The number of aromatic nitrogens is 4. The van der Waals surface area contributed by atoms with E-state index in [1.165, 1.54) is 32.9 Å². The van der Waals surface area contributed by atoms with Crippen molar-refractivity contribution in [3.63, 3.8) is 0 Å². The van der Waals surface area contributed by atoms with Crippen LogP contribution in [0.5, 0.6) is 0 Å². The van der Waals surface area contributed by atoms with Gasteiger partial charge in [-0.15, -0.1) is 0 Å². The first-order valence-electron chi connectivity index (χ1n) is 18.6. The molecule has 0 N–H and O–H groups in total. The zero-order valence-electron chi connectivity index (χ0n) is 29.7. The van der Waals surface area contributed by atoms with E-state index in [0.29, 0.717) is 17.5 Å². The van der Waals surface area contributed by atoms with Gasteiger partial charge in [-0.1, -0.05) is 152 Å². The van der Waals surface area contributed by atoms with Crippen LogP contribution in [0.15, 0.2) is 187 Å². The number of furan rings is 1. The first kappa shape index (κ1) is 31.3. The van der Waals surface area contributed by atoms with Gasteiger partial charge in [0.15, 0.2) is 23.1 Å². The highest BCUT2D eigenvalue weighted by atomic mass is 16.3. The second-order valence-electron chi connectivity index (χ2n) is 14.2. The van der Waals surface area contributed by atoms with Crippen LogP contribution in [-0.4, -0.2) is 19.9 Å². The van der Waals surface area contributed by atoms with Gasteiger partial charge in [0, 0.05) is 45.5 Å². The Morgan fingerprint density at radius 2 is 1.15 bits per heavy atom. The van der Waals surface area contributed by atoms with E-state index in [1.807, 2.05) is 36.5 Å². The maximum Gasteiger partial charge on any atom is 0.164 e. The van der Waals surface area contributed by atoms with E-state index >= 15 is 0 Å². The fourth-order valence-electron chi connectivity index (χ4n) is 8.47. The minimum atomic E-state index is 0.0403. The normalized spacial score (nSPS) is 16.4. The number of fused-ring (bicyclic) bond motifs is 6. The van der Waals surface area contributed by atoms with Crippen LogP contribution in [0.1, 0.15) is 11.4 Å². The van der Waals surface area contributed by atoms with Gasteiger partial charge in [-0.2, -0.15) is 0 Å². The zero-order valence-corrected chi connectivity index (χ0v) is 29.7. The highest BCUT2D eigenvalue weighted by molar-refractivity contribution is 6.16. The average Bonchev–Trinajstić information content (AvgIpc) is 3.65. The predicted molar refractivity (Wildman–Crippen MR) is 224 cm³/mol. The third-order valence-electron chi connectivity index (χ3n) is 11.1. The highest BCUT2D eigenvalue weighted by Crippen LogP contribution is 2.47. The van der Waals surface area contributed by atoms with Crippen molar-refractivity contribution in [3.8, 4) is 33.9 Å². The van der Waals surface area contributed by atoms with E-state index in [2.05, 4.69) is 145 Å². The minimum Gasteiger partial charge on any atom is -0.454 e. The molecule has 0 radical (unpaired) electrons. The summed E-state index contributed by atoms with van der Waals surface area (Å²) in [6.45, 7) is 0. The third kappa shape index (κ3) is 5.24. The summed E-state index contributed by atoms with van der Waals surface area (Å²) in [5.74, 6) is 2.15. The Bertz CT molecular complexity index is 3110. The maximum absolute atomic E-state index is 6.23. The SMILES string of the molecule is C1=CC2C(c3nc(-c4ccccc4)nc(-c4ccc5ccccc5c4)n3)=CC=C(c3ccc(-c4cccc5oc6cnccc6c45)c4ccccc34)C2C=C1. The largest absolute Gasteiger partial charge is 0.454 e. The molecule has 0 bridgehead atoms. The summed E-state index contributed by atoms with van der Waals surface area (Å²) in [4.78, 5) is 19.7. The average molecular weight is 705 g/mol. The van der Waals surface area contributed by atoms with E-state index in [4.69, 9.17) is 19.4 Å². The number of hydrogen-bond acceptors (Lipinski definition) is 5. The molecule has 258 valence electrons. The standard InChI is InChI=1S/C50H32N4O/c1-2-12-32(13-3-1)48-52-49(34-22-21-31-11-4-5-14-33(31)29-34)54-50(53-48)43-26-25-40(37-17-8-9-18-38(37)43)39-23-24-41(36-16-7-6-15-35(36)39)42-19-10-20-45-47(42)44-27-28-51-30-46(44)55-45/h1-30,37-38H. The van der Waals surface area contributed by atoms with Crippen molar-refractivity contribution >= 4 is 54.6 Å². The van der Waals surface area contributed by atoms with Crippen LogP contribution in [-0.2, 0) is 0 Å². The number of allylic oxidation sites excluding steroid dienone is 8. The van der Waals surface area contributed by atoms with Crippen LogP contribution < -0.4 is 0 Å². The number of hydrogen-bond donors (Lipinski definition) is 0. The zero-order chi connectivity index (χ0) is 36.3. The van der Waals surface area contributed by atoms with Gasteiger partial charge in [-0.25, -0.2) is 15.0 Å². The lowest BCUT2D eigenvalue weighted by atomic mass is 9.72. The topological polar surface area (TPSA) is 64.7 Å². The molecule has 3 aromatic heterocycles. The monoisotopic (exact) mass is 704 g/mol. The Morgan fingerprint density at radius 1 is 0.455 bits per heavy atom. The summed E-state index contributed by atoms with van der Waals surface area (Å²) in [6, 6.07) is 46.7. The fraction of sp³-hybridized carbons (Fsp3) is 0.0400. The maximum atomic E-state index is 6.23. The number of pyridine rings is 1. The molecule has 2 aliphatic rings. The van der Waals surface area contributed by atoms with Crippen LogP contribution >= 0.6 is 0 Å². The minimum absolute atomic E-state index is 0.0403. The van der Waals surface area contributed by atoms with Gasteiger partial charge in [-0.05, 0) is 62.0 Å². The van der Waals surface area contributed by atoms with Crippen LogP contribution in [0.2, 0.25) is 0 Å². The van der Waals surface area contributed by atoms with Gasteiger partial charge in [-0.3, -0.25) is 4.98 Å². The van der Waals surface area contributed by atoms with E-state index in [0.717, 1.165) is 49.6 Å². The lowest BCUT2D eigenvalue weighted by molar-refractivity contribution is 0.667. The summed E-state index contributed by atoms with van der Waals surface area (Å²) in [5, 5.41) is 6.92. The van der Waals surface area contributed by atoms with Crippen molar-refractivity contribution in [1.82, 2.24) is 19.9 Å². The van der Waals surface area contributed by atoms with E-state index < -0.39 is 0 Å². The lowest BCUT2D eigenvalue weighted by Gasteiger charge is -2.32. The third-order valence-corrected chi connectivity index (χ3v) is 11.1. The van der Waals surface area contributed by atoms with Crippen molar-refractivity contribution in [3.05, 3.63) is 194 Å². The second kappa shape index (κ2) is 12.7. The molecule has 55 heavy (non-hydrogen) atoms. The Balaban J connectivity index is 1.07. The molecule has 0 saturated carbocycles. The Kier molecular flexibility index (Phi) is 7.24. The Morgan fingerprint density at radius 3 is 2.00 bits per heavy atom. The summed E-state index contributed by atoms with van der Waals surface area (Å²) in [6.07, 6.45) is 17.1. The smallest absolute Gasteiger partial charge is 0.164 e. The molecular weight excluding hydrogens is 673 g/mol. The number of benzene rings is 6. The second-order valence-corrected chi connectivity index (χ2v) is 14.2. The van der Waals surface area contributed by atoms with E-state index in [1.54, 1.807) is 6.20 Å². The van der Waals surface area contributed by atoms with Crippen LogP contribution in [0.25, 0.3) is 88.5 Å². The van der Waals surface area contributed by atoms with Crippen molar-refractivity contribution < 1.29 is 4.42 Å². The summed E-state index contributed by atoms with van der Waals surface area (Å²) in [5.41, 5.74) is 9.46. The molecule has 0 aliphatic heterocycles. The molecule has 0 fully saturated rings. The first-order valence-corrected chi connectivity index (χ1v) is 18.6. The summed E-state index contributed by atoms with van der Waals surface area (Å²) in [7, 11) is 0. The molecule has 0 saturated heterocycles. The quantitative estimate of drug-likeness (QED) is 0.178. The molecule has 5 heteroatoms. The van der Waals surface area contributed by atoms with Gasteiger partial charge >= 0.3 is 0 Å². The van der Waals surface area contributed by atoms with Crippen LogP contribution in [0.3, 0.4) is 0 Å². The van der Waals surface area contributed by atoms with Gasteiger partial charge in [0.2, 0.25) is 0 Å². The molecular formula is C50H32N4O. The molecule has 2 atom stereocenters. The van der Waals surface area contributed by atoms with Gasteiger partial charge in [0.1, 0.15) is 5.58 Å². The number of nitrogens with zero attached hydrogens (tertiary/aromatic N) is 4. The number of rotatable bonds is 5. The molecule has 11 rings (SSSR count). The van der Waals surface area contributed by atoms with Crippen LogP contribution in [0, 0.1) is 11.8 Å². The van der Waals surface area contributed by atoms with Gasteiger partial charge in [0.25, 0.3) is 0 Å². The summed E-state index contributed by atoms with van der Waals surface area (Å²) < 4.78 is 6.23. The molecule has 3 heterocycles. The van der Waals surface area contributed by atoms with Crippen molar-refractivity contribution in [2.45, 2.75) is 0 Å². The van der Waals surface area contributed by atoms with Crippen molar-refractivity contribution in [2.75, 3.05) is 0 Å². The first-order chi connectivity index (χ1) is 27.3. The predicted octanol–water partition coefficient (Wildman–Crippen LogP) is 12.3. The Labute approximate surface area is 317 Å². The van der Waals surface area contributed by atoms with Gasteiger partial charge < -0.3 is 4.42 Å². The molecule has 5 nitrogen and oxygen atoms in total.